The second-order valence-corrected chi connectivity index (χ2v) is 5.72. The van der Waals surface area contributed by atoms with Crippen LogP contribution in [0, 0.1) is 0 Å². The van der Waals surface area contributed by atoms with E-state index < -0.39 is 0 Å². The van der Waals surface area contributed by atoms with E-state index in [1.165, 1.54) is 49.1 Å². The molecule has 0 amide bonds. The number of piperidine rings is 1. The van der Waals surface area contributed by atoms with E-state index in [9.17, 15) is 0 Å². The Kier molecular flexibility index (Phi) is 4.31. The van der Waals surface area contributed by atoms with Crippen molar-refractivity contribution < 1.29 is 0 Å². The first-order valence-electron chi connectivity index (χ1n) is 7.63. The quantitative estimate of drug-likeness (QED) is 0.894. The zero-order chi connectivity index (χ0) is 12.9. The maximum Gasteiger partial charge on any atom is 0.0233 e. The van der Waals surface area contributed by atoms with Gasteiger partial charge in [0.05, 0.1) is 0 Å². The Hall–Kier alpha value is -1.12. The molecule has 0 saturated carbocycles. The minimum Gasteiger partial charge on any atom is -0.313 e. The van der Waals surface area contributed by atoms with Crippen LogP contribution in [-0.2, 0) is 6.54 Å². The Morgan fingerprint density at radius 2 is 2.00 bits per heavy atom. The van der Waals surface area contributed by atoms with E-state index in [1.54, 1.807) is 0 Å². The van der Waals surface area contributed by atoms with Gasteiger partial charge in [0.2, 0.25) is 0 Å². The molecule has 2 heteroatoms. The summed E-state index contributed by atoms with van der Waals surface area (Å²) in [5.41, 5.74) is 4.41. The van der Waals surface area contributed by atoms with E-state index in [-0.39, 0.29) is 0 Å². The second kappa shape index (κ2) is 6.36. The molecule has 1 N–H and O–H groups in total. The molecule has 0 bridgehead atoms. The molecule has 1 saturated heterocycles. The van der Waals surface area contributed by atoms with E-state index >= 15 is 0 Å². The average molecular weight is 256 g/mol. The first-order valence-corrected chi connectivity index (χ1v) is 7.63. The summed E-state index contributed by atoms with van der Waals surface area (Å²) in [7, 11) is 0. The highest BCUT2D eigenvalue weighted by Crippen LogP contribution is 2.22. The lowest BCUT2D eigenvalue weighted by Crippen LogP contribution is -2.29. The van der Waals surface area contributed by atoms with Crippen LogP contribution in [0.4, 0.5) is 0 Å². The molecular formula is C17H24N2. The van der Waals surface area contributed by atoms with Crippen LogP contribution in [0.25, 0.3) is 5.57 Å². The van der Waals surface area contributed by atoms with Crippen molar-refractivity contribution in [1.82, 2.24) is 10.2 Å². The van der Waals surface area contributed by atoms with E-state index in [0.717, 1.165) is 26.1 Å². The summed E-state index contributed by atoms with van der Waals surface area (Å²) >= 11 is 0. The molecule has 0 aromatic heterocycles. The summed E-state index contributed by atoms with van der Waals surface area (Å²) in [5, 5.41) is 3.38. The highest BCUT2D eigenvalue weighted by Gasteiger charge is 2.11. The molecule has 2 heterocycles. The molecule has 19 heavy (non-hydrogen) atoms. The first kappa shape index (κ1) is 12.9. The van der Waals surface area contributed by atoms with Crippen LogP contribution in [-0.4, -0.2) is 31.1 Å². The Morgan fingerprint density at radius 3 is 2.79 bits per heavy atom. The molecule has 2 aliphatic rings. The SMILES string of the molecule is C1=C(c2cccc(CN3CCCCC3)c2)CCNC1. The summed E-state index contributed by atoms with van der Waals surface area (Å²) in [6, 6.07) is 9.15. The third-order valence-electron chi connectivity index (χ3n) is 4.22. The first-order chi connectivity index (χ1) is 9.42. The van der Waals surface area contributed by atoms with E-state index in [0.29, 0.717) is 0 Å². The van der Waals surface area contributed by atoms with Gasteiger partial charge in [-0.15, -0.1) is 0 Å². The summed E-state index contributed by atoms with van der Waals surface area (Å²) in [6.45, 7) is 5.81. The molecule has 1 fully saturated rings. The fraction of sp³-hybridized carbons (Fsp3) is 0.529. The minimum atomic E-state index is 1.02. The lowest BCUT2D eigenvalue weighted by molar-refractivity contribution is 0.221. The largest absolute Gasteiger partial charge is 0.313 e. The maximum absolute atomic E-state index is 3.38. The van der Waals surface area contributed by atoms with Gasteiger partial charge in [0.15, 0.2) is 0 Å². The Labute approximate surface area is 116 Å². The van der Waals surface area contributed by atoms with Gasteiger partial charge < -0.3 is 5.32 Å². The van der Waals surface area contributed by atoms with E-state index in [2.05, 4.69) is 40.6 Å². The normalized spacial score (nSPS) is 21.2. The third kappa shape index (κ3) is 3.46. The van der Waals surface area contributed by atoms with Crippen LogP contribution in [0.5, 0.6) is 0 Å². The van der Waals surface area contributed by atoms with Crippen LogP contribution < -0.4 is 5.32 Å². The molecule has 0 unspecified atom stereocenters. The number of likely N-dealkylation sites (tertiary alicyclic amines) is 1. The smallest absolute Gasteiger partial charge is 0.0233 e. The van der Waals surface area contributed by atoms with Crippen LogP contribution in [0.15, 0.2) is 30.3 Å². The molecule has 1 aromatic rings. The van der Waals surface area contributed by atoms with Gasteiger partial charge in [-0.2, -0.15) is 0 Å². The number of hydrogen-bond donors (Lipinski definition) is 1. The molecule has 3 rings (SSSR count). The summed E-state index contributed by atoms with van der Waals surface area (Å²) in [6.07, 6.45) is 7.65. The second-order valence-electron chi connectivity index (χ2n) is 5.72. The standard InChI is InChI=1S/C17H24N2/c1-2-11-19(12-3-1)14-15-5-4-6-17(13-15)16-7-9-18-10-8-16/h4-7,13,18H,1-3,8-12,14H2. The highest BCUT2D eigenvalue weighted by atomic mass is 15.1. The van der Waals surface area contributed by atoms with Gasteiger partial charge in [0.25, 0.3) is 0 Å². The molecule has 1 aromatic carbocycles. The van der Waals surface area contributed by atoms with Gasteiger partial charge in [0.1, 0.15) is 0 Å². The zero-order valence-corrected chi connectivity index (χ0v) is 11.7. The lowest BCUT2D eigenvalue weighted by Gasteiger charge is -2.26. The number of nitrogens with one attached hydrogen (secondary N) is 1. The van der Waals surface area contributed by atoms with E-state index in [4.69, 9.17) is 0 Å². The maximum atomic E-state index is 3.38. The molecule has 2 aliphatic heterocycles. The molecular weight excluding hydrogens is 232 g/mol. The summed E-state index contributed by atoms with van der Waals surface area (Å²) < 4.78 is 0. The number of nitrogens with zero attached hydrogens (tertiary/aromatic N) is 1. The topological polar surface area (TPSA) is 15.3 Å². The summed E-state index contributed by atoms with van der Waals surface area (Å²) in [4.78, 5) is 2.60. The van der Waals surface area contributed by atoms with E-state index in [1.807, 2.05) is 0 Å². The lowest BCUT2D eigenvalue weighted by atomic mass is 9.98. The Morgan fingerprint density at radius 1 is 1.11 bits per heavy atom. The van der Waals surface area contributed by atoms with Crippen molar-refractivity contribution in [2.75, 3.05) is 26.2 Å². The van der Waals surface area contributed by atoms with Gasteiger partial charge in [-0.3, -0.25) is 4.90 Å². The molecule has 0 spiro atoms. The third-order valence-corrected chi connectivity index (χ3v) is 4.22. The van der Waals surface area contributed by atoms with Crippen molar-refractivity contribution in [2.24, 2.45) is 0 Å². The molecule has 2 nitrogen and oxygen atoms in total. The van der Waals surface area contributed by atoms with Crippen molar-refractivity contribution in [1.29, 1.82) is 0 Å². The number of rotatable bonds is 3. The van der Waals surface area contributed by atoms with Crippen molar-refractivity contribution in [2.45, 2.75) is 32.2 Å². The van der Waals surface area contributed by atoms with Gasteiger partial charge >= 0.3 is 0 Å². The Balaban J connectivity index is 1.70. The number of benzene rings is 1. The van der Waals surface area contributed by atoms with Gasteiger partial charge in [0, 0.05) is 13.1 Å². The molecule has 102 valence electrons. The van der Waals surface area contributed by atoms with Crippen LogP contribution in [0.2, 0.25) is 0 Å². The number of hydrogen-bond acceptors (Lipinski definition) is 2. The van der Waals surface area contributed by atoms with Gasteiger partial charge in [-0.1, -0.05) is 36.8 Å². The Bertz CT molecular complexity index is 444. The summed E-state index contributed by atoms with van der Waals surface area (Å²) in [5.74, 6) is 0. The van der Waals surface area contributed by atoms with Crippen molar-refractivity contribution in [3.63, 3.8) is 0 Å². The van der Waals surface area contributed by atoms with Crippen LogP contribution in [0.3, 0.4) is 0 Å². The van der Waals surface area contributed by atoms with Crippen molar-refractivity contribution in [3.05, 3.63) is 41.5 Å². The van der Waals surface area contributed by atoms with Crippen LogP contribution in [0.1, 0.15) is 36.8 Å². The van der Waals surface area contributed by atoms with Crippen molar-refractivity contribution in [3.8, 4) is 0 Å². The van der Waals surface area contributed by atoms with Gasteiger partial charge in [-0.05, 0) is 55.6 Å². The molecule has 0 atom stereocenters. The predicted octanol–water partition coefficient (Wildman–Crippen LogP) is 3.05. The zero-order valence-electron chi connectivity index (χ0n) is 11.7. The minimum absolute atomic E-state index is 1.02. The molecule has 0 aliphatic carbocycles. The fourth-order valence-electron chi connectivity index (χ4n) is 3.13. The van der Waals surface area contributed by atoms with Crippen LogP contribution >= 0.6 is 0 Å². The monoisotopic (exact) mass is 256 g/mol. The highest BCUT2D eigenvalue weighted by molar-refractivity contribution is 5.67. The van der Waals surface area contributed by atoms with Crippen molar-refractivity contribution >= 4 is 5.57 Å². The average Bonchev–Trinajstić information content (AvgIpc) is 2.49. The predicted molar refractivity (Wildman–Crippen MR) is 81.0 cm³/mol. The fourth-order valence-corrected chi connectivity index (χ4v) is 3.13. The molecule has 0 radical (unpaired) electrons. The van der Waals surface area contributed by atoms with Gasteiger partial charge in [-0.25, -0.2) is 0 Å².